The van der Waals surface area contributed by atoms with Crippen LogP contribution in [0.5, 0.6) is 5.75 Å². The first-order valence-corrected chi connectivity index (χ1v) is 9.89. The molecule has 4 rings (SSSR count). The molecule has 2 aromatic heterocycles. The molecule has 0 unspecified atom stereocenters. The van der Waals surface area contributed by atoms with Crippen LogP contribution in [0.3, 0.4) is 0 Å². The average Bonchev–Trinajstić information content (AvgIpc) is 3.00. The predicted octanol–water partition coefficient (Wildman–Crippen LogP) is 3.74. The van der Waals surface area contributed by atoms with Crippen molar-refractivity contribution in [1.29, 1.82) is 0 Å². The van der Waals surface area contributed by atoms with Crippen molar-refractivity contribution in [1.82, 2.24) is 25.4 Å². The maximum Gasteiger partial charge on any atom is 0.156 e. The van der Waals surface area contributed by atoms with Gasteiger partial charge in [-0.3, -0.25) is 10.00 Å². The molecule has 0 saturated carbocycles. The van der Waals surface area contributed by atoms with Crippen molar-refractivity contribution >= 4 is 11.0 Å². The van der Waals surface area contributed by atoms with Crippen molar-refractivity contribution in [3.63, 3.8) is 0 Å². The Balaban J connectivity index is 1.81. The van der Waals surface area contributed by atoms with E-state index in [2.05, 4.69) is 53.1 Å². The number of hydrogen-bond donors (Lipinski definition) is 3. The van der Waals surface area contributed by atoms with E-state index in [1.54, 1.807) is 6.07 Å². The Kier molecular flexibility index (Phi) is 4.63. The highest BCUT2D eigenvalue weighted by Gasteiger charge is 2.37. The Labute approximate surface area is 170 Å². The Morgan fingerprint density at radius 2 is 1.97 bits per heavy atom. The highest BCUT2D eigenvalue weighted by molar-refractivity contribution is 5.84. The Morgan fingerprint density at radius 1 is 1.21 bits per heavy atom. The second kappa shape index (κ2) is 6.78. The number of aromatic hydroxyl groups is 1. The van der Waals surface area contributed by atoms with E-state index in [1.165, 1.54) is 6.07 Å². The van der Waals surface area contributed by atoms with E-state index >= 15 is 0 Å². The third kappa shape index (κ3) is 3.72. The molecule has 1 saturated heterocycles. The molecular formula is C22H28FN5O. The summed E-state index contributed by atoms with van der Waals surface area (Å²) in [5.74, 6) is -0.600. The molecule has 1 fully saturated rings. The molecule has 0 bridgehead atoms. The third-order valence-electron chi connectivity index (χ3n) is 5.82. The number of aromatic amines is 1. The Bertz CT molecular complexity index is 1070. The fourth-order valence-electron chi connectivity index (χ4n) is 4.04. The minimum Gasteiger partial charge on any atom is -0.508 e. The van der Waals surface area contributed by atoms with Gasteiger partial charge in [0.15, 0.2) is 5.65 Å². The largest absolute Gasteiger partial charge is 0.508 e. The van der Waals surface area contributed by atoms with Crippen molar-refractivity contribution in [3.8, 4) is 17.0 Å². The highest BCUT2D eigenvalue weighted by Crippen LogP contribution is 2.32. The summed E-state index contributed by atoms with van der Waals surface area (Å²) in [7, 11) is 0. The summed E-state index contributed by atoms with van der Waals surface area (Å²) in [6, 6.07) is 6.10. The van der Waals surface area contributed by atoms with Crippen LogP contribution in [0.15, 0.2) is 24.3 Å². The van der Waals surface area contributed by atoms with Crippen LogP contribution in [-0.4, -0.2) is 49.4 Å². The standard InChI is InChI=1S/C22H28FN5O/c1-13-19-14(10-28-12-21(2,3)24-11-22(28,4)5)8-18(25-20(19)27-26-13)16-7-6-15(29)9-17(16)23/h6-9,24,29H,10-12H2,1-5H3,(H,25,26,27). The number of nitrogens with one attached hydrogen (secondary N) is 2. The van der Waals surface area contributed by atoms with Gasteiger partial charge in [0.05, 0.1) is 11.4 Å². The lowest BCUT2D eigenvalue weighted by molar-refractivity contribution is 0.0327. The quantitative estimate of drug-likeness (QED) is 0.628. The van der Waals surface area contributed by atoms with Gasteiger partial charge in [-0.1, -0.05) is 0 Å². The molecule has 1 aliphatic rings. The van der Waals surface area contributed by atoms with Crippen LogP contribution in [0.4, 0.5) is 4.39 Å². The predicted molar refractivity (Wildman–Crippen MR) is 112 cm³/mol. The molecule has 0 radical (unpaired) electrons. The van der Waals surface area contributed by atoms with E-state index < -0.39 is 5.82 Å². The number of benzene rings is 1. The minimum absolute atomic E-state index is 0.0129. The number of fused-ring (bicyclic) bond motifs is 1. The van der Waals surface area contributed by atoms with Crippen molar-refractivity contribution in [2.75, 3.05) is 13.1 Å². The molecular weight excluding hydrogens is 369 g/mol. The molecule has 6 nitrogen and oxygen atoms in total. The summed E-state index contributed by atoms with van der Waals surface area (Å²) in [6.45, 7) is 13.3. The molecule has 0 atom stereocenters. The smallest absolute Gasteiger partial charge is 0.156 e. The van der Waals surface area contributed by atoms with Crippen LogP contribution in [0.2, 0.25) is 0 Å². The number of hydrogen-bond acceptors (Lipinski definition) is 5. The molecule has 3 aromatic rings. The van der Waals surface area contributed by atoms with Crippen LogP contribution in [0, 0.1) is 12.7 Å². The first kappa shape index (κ1) is 19.8. The van der Waals surface area contributed by atoms with Crippen LogP contribution in [0.25, 0.3) is 22.3 Å². The van der Waals surface area contributed by atoms with E-state index in [9.17, 15) is 9.50 Å². The number of phenols is 1. The zero-order chi connectivity index (χ0) is 21.0. The number of H-pyrrole nitrogens is 1. The van der Waals surface area contributed by atoms with E-state index in [4.69, 9.17) is 0 Å². The number of pyridine rings is 1. The molecule has 0 amide bonds. The average molecular weight is 397 g/mol. The second-order valence-electron chi connectivity index (χ2n) is 9.27. The molecule has 29 heavy (non-hydrogen) atoms. The summed E-state index contributed by atoms with van der Waals surface area (Å²) in [6.07, 6.45) is 0. The number of aryl methyl sites for hydroxylation is 1. The number of nitrogens with zero attached hydrogens (tertiary/aromatic N) is 3. The van der Waals surface area contributed by atoms with Crippen LogP contribution >= 0.6 is 0 Å². The van der Waals surface area contributed by atoms with Crippen LogP contribution in [-0.2, 0) is 6.54 Å². The molecule has 0 spiro atoms. The van der Waals surface area contributed by atoms with Gasteiger partial charge in [0.25, 0.3) is 0 Å². The molecule has 3 N–H and O–H groups in total. The zero-order valence-corrected chi connectivity index (χ0v) is 17.6. The lowest BCUT2D eigenvalue weighted by Gasteiger charge is -2.49. The maximum absolute atomic E-state index is 14.5. The SMILES string of the molecule is Cc1n[nH]c2nc(-c3ccc(O)cc3F)cc(CN3CC(C)(C)NCC3(C)C)c12. The van der Waals surface area contributed by atoms with Crippen molar-refractivity contribution in [3.05, 3.63) is 41.3 Å². The van der Waals surface area contributed by atoms with Gasteiger partial charge in [-0.2, -0.15) is 5.10 Å². The summed E-state index contributed by atoms with van der Waals surface area (Å²) in [4.78, 5) is 7.06. The van der Waals surface area contributed by atoms with Gasteiger partial charge in [0.2, 0.25) is 0 Å². The van der Waals surface area contributed by atoms with Crippen LogP contribution < -0.4 is 5.32 Å². The number of aromatic nitrogens is 3. The van der Waals surface area contributed by atoms with Gasteiger partial charge in [-0.05, 0) is 58.4 Å². The fourth-order valence-corrected chi connectivity index (χ4v) is 4.04. The maximum atomic E-state index is 14.5. The van der Waals surface area contributed by atoms with Crippen molar-refractivity contribution < 1.29 is 9.50 Å². The zero-order valence-electron chi connectivity index (χ0n) is 17.6. The van der Waals surface area contributed by atoms with E-state index in [1.807, 2.05) is 13.0 Å². The fraction of sp³-hybridized carbons (Fsp3) is 0.455. The first-order chi connectivity index (χ1) is 13.6. The minimum atomic E-state index is -0.498. The summed E-state index contributed by atoms with van der Waals surface area (Å²) in [5, 5.41) is 21.5. The second-order valence-corrected chi connectivity index (χ2v) is 9.27. The van der Waals surface area contributed by atoms with Gasteiger partial charge < -0.3 is 10.4 Å². The Hall–Kier alpha value is -2.51. The van der Waals surface area contributed by atoms with Crippen LogP contribution in [0.1, 0.15) is 39.0 Å². The molecule has 1 aliphatic heterocycles. The summed E-state index contributed by atoms with van der Waals surface area (Å²) >= 11 is 0. The molecule has 0 aliphatic carbocycles. The number of piperazine rings is 1. The summed E-state index contributed by atoms with van der Waals surface area (Å²) < 4.78 is 14.5. The molecule has 154 valence electrons. The molecule has 7 heteroatoms. The number of rotatable bonds is 3. The van der Waals surface area contributed by atoms with Gasteiger partial charge in [-0.25, -0.2) is 9.37 Å². The van der Waals surface area contributed by atoms with Gasteiger partial charge >= 0.3 is 0 Å². The number of phenolic OH excluding ortho intramolecular Hbond substituents is 1. The van der Waals surface area contributed by atoms with Crippen molar-refractivity contribution in [2.45, 2.75) is 52.2 Å². The normalized spacial score (nSPS) is 19.0. The summed E-state index contributed by atoms with van der Waals surface area (Å²) in [5.41, 5.74) is 3.47. The molecule has 3 heterocycles. The van der Waals surface area contributed by atoms with E-state index in [0.29, 0.717) is 23.4 Å². The lowest BCUT2D eigenvalue weighted by Crippen LogP contribution is -2.65. The number of halogens is 1. The van der Waals surface area contributed by atoms with Gasteiger partial charge in [0.1, 0.15) is 11.6 Å². The Morgan fingerprint density at radius 3 is 2.69 bits per heavy atom. The van der Waals surface area contributed by atoms with E-state index in [0.717, 1.165) is 35.8 Å². The highest BCUT2D eigenvalue weighted by atomic mass is 19.1. The molecule has 1 aromatic carbocycles. The lowest BCUT2D eigenvalue weighted by atomic mass is 9.90. The monoisotopic (exact) mass is 397 g/mol. The van der Waals surface area contributed by atoms with Gasteiger partial charge in [-0.15, -0.1) is 0 Å². The topological polar surface area (TPSA) is 77.1 Å². The van der Waals surface area contributed by atoms with Crippen molar-refractivity contribution in [2.24, 2.45) is 0 Å². The van der Waals surface area contributed by atoms with Gasteiger partial charge in [0, 0.05) is 47.7 Å². The first-order valence-electron chi connectivity index (χ1n) is 9.89. The van der Waals surface area contributed by atoms with E-state index in [-0.39, 0.29) is 16.8 Å². The third-order valence-corrected chi connectivity index (χ3v) is 5.82.